The van der Waals surface area contributed by atoms with Gasteiger partial charge in [-0.3, -0.25) is 9.59 Å². The molecule has 2 aromatic rings. The van der Waals surface area contributed by atoms with Crippen LogP contribution in [0.25, 0.3) is 11.5 Å². The van der Waals surface area contributed by atoms with Gasteiger partial charge < -0.3 is 23.9 Å². The first-order valence-electron chi connectivity index (χ1n) is 10.9. The molecule has 0 unspecified atom stereocenters. The molecule has 4 rings (SSSR count). The Morgan fingerprint density at radius 1 is 1.20 bits per heavy atom. The van der Waals surface area contributed by atoms with Gasteiger partial charge in [0.15, 0.2) is 0 Å². The van der Waals surface area contributed by atoms with Crippen molar-refractivity contribution in [2.24, 2.45) is 0 Å². The molecule has 1 aliphatic carbocycles. The average Bonchev–Trinajstić information content (AvgIpc) is 3.33. The fourth-order valence-electron chi connectivity index (χ4n) is 4.71. The lowest BCUT2D eigenvalue weighted by Gasteiger charge is -2.44. The zero-order valence-electron chi connectivity index (χ0n) is 17.9. The number of hydrogen-bond acceptors (Lipinski definition) is 4. The number of nitrogens with zero attached hydrogens (tertiary/aromatic N) is 2. The standard InChI is InChI=1S/C23H31N3O4/c1-23(22(28)24-17-8-5-3-4-6-9-17)16-25-18(20-10-7-14-30-20)11-12-19(25)21(27)26(23)13-15-29-2/h7,10-12,14,17H,3-6,8-9,13,15-16H2,1-2H3,(H,24,28)/t23-/m1/s1. The number of methoxy groups -OCH3 is 1. The number of fused-ring (bicyclic) bond motifs is 1. The Balaban J connectivity index is 1.66. The van der Waals surface area contributed by atoms with Gasteiger partial charge in [-0.15, -0.1) is 0 Å². The van der Waals surface area contributed by atoms with Crippen molar-refractivity contribution >= 4 is 11.8 Å². The van der Waals surface area contributed by atoms with Crippen LogP contribution in [0.3, 0.4) is 0 Å². The maximum atomic E-state index is 13.6. The van der Waals surface area contributed by atoms with Gasteiger partial charge in [-0.25, -0.2) is 0 Å². The van der Waals surface area contributed by atoms with Crippen molar-refractivity contribution in [2.75, 3.05) is 20.3 Å². The molecule has 2 amide bonds. The first-order valence-corrected chi connectivity index (χ1v) is 10.9. The summed E-state index contributed by atoms with van der Waals surface area (Å²) in [6.07, 6.45) is 8.34. The van der Waals surface area contributed by atoms with Gasteiger partial charge in [0, 0.05) is 19.7 Å². The van der Waals surface area contributed by atoms with E-state index >= 15 is 0 Å². The fourth-order valence-corrected chi connectivity index (χ4v) is 4.71. The van der Waals surface area contributed by atoms with Crippen molar-refractivity contribution < 1.29 is 18.7 Å². The van der Waals surface area contributed by atoms with E-state index in [1.165, 1.54) is 12.8 Å². The van der Waals surface area contributed by atoms with Gasteiger partial charge in [-0.2, -0.15) is 0 Å². The third-order valence-electron chi connectivity index (χ3n) is 6.48. The van der Waals surface area contributed by atoms with E-state index in [1.54, 1.807) is 18.3 Å². The van der Waals surface area contributed by atoms with Crippen molar-refractivity contribution in [1.29, 1.82) is 0 Å². The van der Waals surface area contributed by atoms with Gasteiger partial charge in [-0.1, -0.05) is 25.7 Å². The molecule has 30 heavy (non-hydrogen) atoms. The van der Waals surface area contributed by atoms with Crippen LogP contribution in [0.4, 0.5) is 0 Å². The number of furan rings is 1. The molecule has 162 valence electrons. The second-order valence-corrected chi connectivity index (χ2v) is 8.55. The second kappa shape index (κ2) is 8.68. The molecule has 3 heterocycles. The molecule has 0 radical (unpaired) electrons. The summed E-state index contributed by atoms with van der Waals surface area (Å²) >= 11 is 0. The highest BCUT2D eigenvalue weighted by Crippen LogP contribution is 2.33. The quantitative estimate of drug-likeness (QED) is 0.736. The fraction of sp³-hybridized carbons (Fsp3) is 0.565. The Morgan fingerprint density at radius 2 is 1.93 bits per heavy atom. The van der Waals surface area contributed by atoms with Gasteiger partial charge in [0.2, 0.25) is 5.91 Å². The Hall–Kier alpha value is -2.54. The number of hydrogen-bond donors (Lipinski definition) is 1. The zero-order valence-corrected chi connectivity index (χ0v) is 17.9. The third kappa shape index (κ3) is 3.78. The predicted molar refractivity (Wildman–Crippen MR) is 113 cm³/mol. The van der Waals surface area contributed by atoms with Crippen molar-refractivity contribution in [1.82, 2.24) is 14.8 Å². The normalized spacial score (nSPS) is 22.6. The van der Waals surface area contributed by atoms with E-state index in [0.29, 0.717) is 31.2 Å². The summed E-state index contributed by atoms with van der Waals surface area (Å²) in [5.74, 6) is 0.434. The number of carbonyl (C=O) groups is 2. The lowest BCUT2D eigenvalue weighted by atomic mass is 9.93. The van der Waals surface area contributed by atoms with Crippen LogP contribution in [0.1, 0.15) is 55.9 Å². The molecule has 0 bridgehead atoms. The van der Waals surface area contributed by atoms with Crippen LogP contribution < -0.4 is 5.32 Å². The number of ether oxygens (including phenoxy) is 1. The summed E-state index contributed by atoms with van der Waals surface area (Å²) in [5.41, 5.74) is 0.371. The minimum absolute atomic E-state index is 0.0939. The summed E-state index contributed by atoms with van der Waals surface area (Å²) < 4.78 is 12.7. The summed E-state index contributed by atoms with van der Waals surface area (Å²) in [5, 5.41) is 3.26. The lowest BCUT2D eigenvalue weighted by Crippen LogP contribution is -2.65. The summed E-state index contributed by atoms with van der Waals surface area (Å²) in [6.45, 7) is 2.98. The largest absolute Gasteiger partial charge is 0.463 e. The number of rotatable bonds is 6. The summed E-state index contributed by atoms with van der Waals surface area (Å²) in [7, 11) is 1.61. The molecule has 0 aromatic carbocycles. The molecule has 1 fully saturated rings. The van der Waals surface area contributed by atoms with Crippen LogP contribution in [0.5, 0.6) is 0 Å². The average molecular weight is 414 g/mol. The van der Waals surface area contributed by atoms with Gasteiger partial charge in [0.05, 0.1) is 25.1 Å². The van der Waals surface area contributed by atoms with E-state index in [0.717, 1.165) is 31.4 Å². The lowest BCUT2D eigenvalue weighted by molar-refractivity contribution is -0.134. The van der Waals surface area contributed by atoms with Gasteiger partial charge in [0.1, 0.15) is 17.0 Å². The highest BCUT2D eigenvalue weighted by molar-refractivity contribution is 6.00. The molecule has 0 spiro atoms. The molecular weight excluding hydrogens is 382 g/mol. The van der Waals surface area contributed by atoms with Crippen LogP contribution in [0, 0.1) is 0 Å². The van der Waals surface area contributed by atoms with Crippen LogP contribution in [-0.4, -0.2) is 53.1 Å². The first-order chi connectivity index (χ1) is 14.5. The zero-order chi connectivity index (χ0) is 21.1. The van der Waals surface area contributed by atoms with Gasteiger partial charge in [-0.05, 0) is 44.0 Å². The van der Waals surface area contributed by atoms with E-state index in [-0.39, 0.29) is 17.9 Å². The topological polar surface area (TPSA) is 76.7 Å². The minimum Gasteiger partial charge on any atom is -0.463 e. The maximum Gasteiger partial charge on any atom is 0.271 e. The smallest absolute Gasteiger partial charge is 0.271 e. The summed E-state index contributed by atoms with van der Waals surface area (Å²) in [4.78, 5) is 28.6. The first kappa shape index (κ1) is 20.7. The van der Waals surface area contributed by atoms with Gasteiger partial charge in [0.25, 0.3) is 5.91 Å². The minimum atomic E-state index is -1.00. The Labute approximate surface area is 177 Å². The SMILES string of the molecule is COCCN1C(=O)c2ccc(-c3ccco3)n2C[C@]1(C)C(=O)NC1CCCCCC1. The number of nitrogens with one attached hydrogen (secondary N) is 1. The van der Waals surface area contributed by atoms with E-state index in [2.05, 4.69) is 5.32 Å². The number of amides is 2. The Bertz CT molecular complexity index is 880. The monoisotopic (exact) mass is 413 g/mol. The molecule has 1 aliphatic heterocycles. The highest BCUT2D eigenvalue weighted by atomic mass is 16.5. The van der Waals surface area contributed by atoms with Crippen LogP contribution in [0.15, 0.2) is 34.9 Å². The van der Waals surface area contributed by atoms with Crippen LogP contribution >= 0.6 is 0 Å². The molecule has 1 atom stereocenters. The molecule has 0 saturated heterocycles. The number of aromatic nitrogens is 1. The Kier molecular flexibility index (Phi) is 5.99. The van der Waals surface area contributed by atoms with E-state index in [9.17, 15) is 9.59 Å². The molecule has 7 heteroatoms. The summed E-state index contributed by atoms with van der Waals surface area (Å²) in [6, 6.07) is 7.56. The second-order valence-electron chi connectivity index (χ2n) is 8.55. The van der Waals surface area contributed by atoms with Gasteiger partial charge >= 0.3 is 0 Å². The van der Waals surface area contributed by atoms with Crippen molar-refractivity contribution in [2.45, 2.75) is 63.6 Å². The van der Waals surface area contributed by atoms with Crippen molar-refractivity contribution in [3.63, 3.8) is 0 Å². The van der Waals surface area contributed by atoms with E-state index in [1.807, 2.05) is 35.8 Å². The van der Waals surface area contributed by atoms with Crippen molar-refractivity contribution in [3.05, 3.63) is 36.2 Å². The highest BCUT2D eigenvalue weighted by Gasteiger charge is 2.48. The number of carbonyl (C=O) groups excluding carboxylic acids is 2. The molecule has 1 N–H and O–H groups in total. The van der Waals surface area contributed by atoms with E-state index in [4.69, 9.17) is 9.15 Å². The molecule has 1 saturated carbocycles. The maximum absolute atomic E-state index is 13.6. The molecule has 2 aliphatic rings. The Morgan fingerprint density at radius 3 is 2.60 bits per heavy atom. The van der Waals surface area contributed by atoms with Crippen molar-refractivity contribution in [3.8, 4) is 11.5 Å². The van der Waals surface area contributed by atoms with E-state index < -0.39 is 5.54 Å². The molecular formula is C23H31N3O4. The molecule has 7 nitrogen and oxygen atoms in total. The molecule has 2 aromatic heterocycles. The van der Waals surface area contributed by atoms with Crippen LogP contribution in [-0.2, 0) is 16.1 Å². The van der Waals surface area contributed by atoms with Crippen LogP contribution in [0.2, 0.25) is 0 Å². The predicted octanol–water partition coefficient (Wildman–Crippen LogP) is 3.45. The third-order valence-corrected chi connectivity index (χ3v) is 6.48.